The fourth-order valence-corrected chi connectivity index (χ4v) is 2.15. The van der Waals surface area contributed by atoms with Crippen LogP contribution in [0, 0.1) is 5.92 Å². The largest absolute Gasteiger partial charge is 0.467 e. The lowest BCUT2D eigenvalue weighted by Crippen LogP contribution is -2.54. The molecule has 4 nitrogen and oxygen atoms in total. The Labute approximate surface area is 102 Å². The van der Waals surface area contributed by atoms with Crippen molar-refractivity contribution in [1.82, 2.24) is 5.32 Å². The first-order valence-electron chi connectivity index (χ1n) is 6.09. The molecular formula is C13H21NO3. The van der Waals surface area contributed by atoms with E-state index in [9.17, 15) is 9.59 Å². The number of methoxy groups -OCH3 is 1. The van der Waals surface area contributed by atoms with Gasteiger partial charge in [-0.1, -0.05) is 25.5 Å². The zero-order valence-electron chi connectivity index (χ0n) is 10.8. The van der Waals surface area contributed by atoms with Crippen LogP contribution in [0.1, 0.15) is 39.5 Å². The number of carbonyl (C=O) groups is 2. The molecule has 0 fully saturated rings. The number of hydrogen-bond donors (Lipinski definition) is 1. The Morgan fingerprint density at radius 3 is 2.47 bits per heavy atom. The Kier molecular flexibility index (Phi) is 4.73. The van der Waals surface area contributed by atoms with E-state index in [1.54, 1.807) is 6.92 Å². The highest BCUT2D eigenvalue weighted by molar-refractivity contribution is 5.88. The van der Waals surface area contributed by atoms with Gasteiger partial charge < -0.3 is 10.1 Å². The van der Waals surface area contributed by atoms with E-state index in [0.717, 1.165) is 19.3 Å². The van der Waals surface area contributed by atoms with E-state index in [1.807, 2.05) is 19.1 Å². The Balaban J connectivity index is 2.65. The van der Waals surface area contributed by atoms with E-state index in [1.165, 1.54) is 7.11 Å². The first-order chi connectivity index (χ1) is 8.03. The number of rotatable bonds is 5. The molecule has 0 aromatic heterocycles. The molecule has 1 atom stereocenters. The molecule has 96 valence electrons. The lowest BCUT2D eigenvalue weighted by Gasteiger charge is -2.28. The average molecular weight is 239 g/mol. The monoisotopic (exact) mass is 239 g/mol. The third kappa shape index (κ3) is 3.32. The number of ether oxygens (including phenoxy) is 1. The van der Waals surface area contributed by atoms with Crippen LogP contribution in [0.3, 0.4) is 0 Å². The van der Waals surface area contributed by atoms with E-state index in [2.05, 4.69) is 5.32 Å². The molecule has 1 rings (SSSR count). The molecule has 17 heavy (non-hydrogen) atoms. The molecule has 1 amide bonds. The van der Waals surface area contributed by atoms with Crippen LogP contribution in [0.15, 0.2) is 12.2 Å². The van der Waals surface area contributed by atoms with Gasteiger partial charge >= 0.3 is 5.97 Å². The van der Waals surface area contributed by atoms with Crippen LogP contribution in [0.5, 0.6) is 0 Å². The third-order valence-electron chi connectivity index (χ3n) is 3.16. The molecule has 0 radical (unpaired) electrons. The number of nitrogens with one attached hydrogen (secondary N) is 1. The standard InChI is InChI=1S/C13H21NO3/c1-4-9-13(2,12(16)17-3)14-11(15)10-7-5-6-8-10/h5-6,10H,4,7-9H2,1-3H3,(H,14,15). The molecule has 1 aliphatic rings. The Bertz CT molecular complexity index is 317. The predicted octanol–water partition coefficient (Wildman–Crippen LogP) is 1.80. The fourth-order valence-electron chi connectivity index (χ4n) is 2.15. The molecule has 1 unspecified atom stereocenters. The smallest absolute Gasteiger partial charge is 0.331 e. The van der Waals surface area contributed by atoms with Crippen molar-refractivity contribution in [3.63, 3.8) is 0 Å². The Hall–Kier alpha value is -1.32. The van der Waals surface area contributed by atoms with Crippen molar-refractivity contribution in [2.24, 2.45) is 5.92 Å². The van der Waals surface area contributed by atoms with Gasteiger partial charge in [0, 0.05) is 5.92 Å². The lowest BCUT2D eigenvalue weighted by atomic mass is 9.94. The van der Waals surface area contributed by atoms with Gasteiger partial charge in [0.25, 0.3) is 0 Å². The number of amides is 1. The average Bonchev–Trinajstić information content (AvgIpc) is 2.81. The quantitative estimate of drug-likeness (QED) is 0.588. The zero-order chi connectivity index (χ0) is 12.9. The van der Waals surface area contributed by atoms with E-state index in [0.29, 0.717) is 6.42 Å². The molecule has 0 bridgehead atoms. The lowest BCUT2D eigenvalue weighted by molar-refractivity contribution is -0.151. The second kappa shape index (κ2) is 5.84. The second-order valence-corrected chi connectivity index (χ2v) is 4.70. The van der Waals surface area contributed by atoms with E-state index in [-0.39, 0.29) is 17.8 Å². The third-order valence-corrected chi connectivity index (χ3v) is 3.16. The van der Waals surface area contributed by atoms with Crippen molar-refractivity contribution in [2.75, 3.05) is 7.11 Å². The van der Waals surface area contributed by atoms with Crippen LogP contribution in [0.25, 0.3) is 0 Å². The summed E-state index contributed by atoms with van der Waals surface area (Å²) in [4.78, 5) is 23.7. The SMILES string of the molecule is CCCC(C)(NC(=O)C1CC=CC1)C(=O)OC. The number of allylic oxidation sites excluding steroid dienone is 2. The molecule has 0 saturated heterocycles. The first kappa shape index (κ1) is 13.7. The van der Waals surface area contributed by atoms with Gasteiger partial charge in [-0.05, 0) is 26.2 Å². The predicted molar refractivity (Wildman–Crippen MR) is 65.3 cm³/mol. The maximum Gasteiger partial charge on any atom is 0.331 e. The van der Waals surface area contributed by atoms with E-state index in [4.69, 9.17) is 4.74 Å². The van der Waals surface area contributed by atoms with Crippen LogP contribution in [-0.4, -0.2) is 24.5 Å². The van der Waals surface area contributed by atoms with Crippen LogP contribution >= 0.6 is 0 Å². The van der Waals surface area contributed by atoms with Gasteiger partial charge in [0.1, 0.15) is 5.54 Å². The summed E-state index contributed by atoms with van der Waals surface area (Å²) in [7, 11) is 1.35. The highest BCUT2D eigenvalue weighted by Crippen LogP contribution is 2.21. The highest BCUT2D eigenvalue weighted by atomic mass is 16.5. The number of carbonyl (C=O) groups excluding carboxylic acids is 2. The minimum Gasteiger partial charge on any atom is -0.467 e. The van der Waals surface area contributed by atoms with Crippen molar-refractivity contribution < 1.29 is 14.3 Å². The van der Waals surface area contributed by atoms with Crippen LogP contribution in [0.4, 0.5) is 0 Å². The van der Waals surface area contributed by atoms with E-state index < -0.39 is 5.54 Å². The van der Waals surface area contributed by atoms with Crippen LogP contribution in [0.2, 0.25) is 0 Å². The topological polar surface area (TPSA) is 55.4 Å². The van der Waals surface area contributed by atoms with Crippen molar-refractivity contribution in [3.05, 3.63) is 12.2 Å². The van der Waals surface area contributed by atoms with Gasteiger partial charge in [-0.15, -0.1) is 0 Å². The van der Waals surface area contributed by atoms with Gasteiger partial charge in [0.2, 0.25) is 5.91 Å². The molecule has 0 aromatic carbocycles. The van der Waals surface area contributed by atoms with Gasteiger partial charge in [0.15, 0.2) is 0 Å². The summed E-state index contributed by atoms with van der Waals surface area (Å²) in [5.74, 6) is -0.467. The Morgan fingerprint density at radius 1 is 1.41 bits per heavy atom. The molecule has 0 heterocycles. The number of hydrogen-bond acceptors (Lipinski definition) is 3. The molecule has 0 aromatic rings. The second-order valence-electron chi connectivity index (χ2n) is 4.70. The van der Waals surface area contributed by atoms with Crippen molar-refractivity contribution >= 4 is 11.9 Å². The maximum atomic E-state index is 12.0. The highest BCUT2D eigenvalue weighted by Gasteiger charge is 2.36. The molecular weight excluding hydrogens is 218 g/mol. The minimum atomic E-state index is -0.900. The summed E-state index contributed by atoms with van der Waals surface area (Å²) >= 11 is 0. The minimum absolute atomic E-state index is 0.0316. The van der Waals surface area contributed by atoms with Crippen LogP contribution in [-0.2, 0) is 14.3 Å². The summed E-state index contributed by atoms with van der Waals surface area (Å²) in [6, 6.07) is 0. The normalized spacial score (nSPS) is 18.8. The van der Waals surface area contributed by atoms with Gasteiger partial charge in [-0.3, -0.25) is 4.79 Å². The van der Waals surface area contributed by atoms with Gasteiger partial charge in [-0.2, -0.15) is 0 Å². The van der Waals surface area contributed by atoms with Crippen molar-refractivity contribution in [3.8, 4) is 0 Å². The Morgan fingerprint density at radius 2 is 2.00 bits per heavy atom. The molecule has 0 saturated carbocycles. The molecule has 1 N–H and O–H groups in total. The van der Waals surface area contributed by atoms with Crippen molar-refractivity contribution in [1.29, 1.82) is 0 Å². The van der Waals surface area contributed by atoms with Crippen LogP contribution < -0.4 is 5.32 Å². The molecule has 0 aliphatic heterocycles. The summed E-state index contributed by atoms with van der Waals surface area (Å²) < 4.78 is 4.76. The summed E-state index contributed by atoms with van der Waals surface area (Å²) in [6.07, 6.45) is 6.92. The van der Waals surface area contributed by atoms with Crippen molar-refractivity contribution in [2.45, 2.75) is 45.1 Å². The molecule has 1 aliphatic carbocycles. The number of esters is 1. The summed E-state index contributed by atoms with van der Waals surface area (Å²) in [5, 5.41) is 2.83. The molecule has 4 heteroatoms. The summed E-state index contributed by atoms with van der Waals surface area (Å²) in [5.41, 5.74) is -0.900. The molecule has 0 spiro atoms. The van der Waals surface area contributed by atoms with E-state index >= 15 is 0 Å². The zero-order valence-corrected chi connectivity index (χ0v) is 10.8. The first-order valence-corrected chi connectivity index (χ1v) is 6.09. The summed E-state index contributed by atoms with van der Waals surface area (Å²) in [6.45, 7) is 3.70. The van der Waals surface area contributed by atoms with Gasteiger partial charge in [-0.25, -0.2) is 4.79 Å². The maximum absolute atomic E-state index is 12.0. The fraction of sp³-hybridized carbons (Fsp3) is 0.692. The van der Waals surface area contributed by atoms with Gasteiger partial charge in [0.05, 0.1) is 7.11 Å².